The Hall–Kier alpha value is -0.540. The number of halogens is 1. The molecule has 0 radical (unpaired) electrons. The van der Waals surface area contributed by atoms with Crippen LogP contribution in [-0.4, -0.2) is 23.3 Å². The Balaban J connectivity index is 2.63. The van der Waals surface area contributed by atoms with Crippen molar-refractivity contribution in [3.05, 3.63) is 17.2 Å². The average molecular weight is 175 g/mol. The van der Waals surface area contributed by atoms with Gasteiger partial charge in [-0.1, -0.05) is 11.6 Å². The number of rotatable bonds is 3. The van der Waals surface area contributed by atoms with Gasteiger partial charge < -0.3 is 9.30 Å². The van der Waals surface area contributed by atoms with Crippen LogP contribution in [0.3, 0.4) is 0 Å². The Bertz CT molecular complexity index is 234. The lowest BCUT2D eigenvalue weighted by Gasteiger charge is -2.00. The van der Waals surface area contributed by atoms with Gasteiger partial charge in [-0.05, 0) is 0 Å². The van der Waals surface area contributed by atoms with Crippen molar-refractivity contribution in [2.75, 3.05) is 13.7 Å². The molecule has 1 rings (SSSR count). The summed E-state index contributed by atoms with van der Waals surface area (Å²) in [6.45, 7) is 0.682. The lowest BCUT2D eigenvalue weighted by Crippen LogP contribution is -2.02. The molecule has 0 bridgehead atoms. The highest BCUT2D eigenvalue weighted by atomic mass is 35.5. The zero-order chi connectivity index (χ0) is 8.27. The maximum atomic E-state index is 5.77. The van der Waals surface area contributed by atoms with E-state index in [0.29, 0.717) is 11.8 Å². The largest absolute Gasteiger partial charge is 0.384 e. The summed E-state index contributed by atoms with van der Waals surface area (Å²) in [6, 6.07) is 0. The Morgan fingerprint density at radius 2 is 2.45 bits per heavy atom. The smallest absolute Gasteiger partial charge is 0.128 e. The van der Waals surface area contributed by atoms with E-state index in [2.05, 4.69) is 4.98 Å². The molecule has 1 aromatic heterocycles. The number of nitrogens with zero attached hydrogens (tertiary/aromatic N) is 2. The molecule has 0 amide bonds. The van der Waals surface area contributed by atoms with Crippen molar-refractivity contribution in [2.24, 2.45) is 7.05 Å². The Morgan fingerprint density at radius 1 is 1.73 bits per heavy atom. The highest BCUT2D eigenvalue weighted by Gasteiger charge is 2.02. The number of hydrogen-bond donors (Lipinski definition) is 0. The molecule has 0 aliphatic carbocycles. The summed E-state index contributed by atoms with van der Waals surface area (Å²) < 4.78 is 6.76. The summed E-state index contributed by atoms with van der Waals surface area (Å²) in [6.07, 6.45) is 2.45. The molecule has 0 fully saturated rings. The van der Waals surface area contributed by atoms with Crippen LogP contribution in [0, 0.1) is 0 Å². The van der Waals surface area contributed by atoms with Gasteiger partial charge in [-0.3, -0.25) is 0 Å². The molecule has 11 heavy (non-hydrogen) atoms. The molecule has 0 aliphatic rings. The van der Waals surface area contributed by atoms with E-state index in [1.165, 1.54) is 0 Å². The van der Waals surface area contributed by atoms with Gasteiger partial charge in [-0.2, -0.15) is 0 Å². The summed E-state index contributed by atoms with van der Waals surface area (Å²) in [5.41, 5.74) is 0. The van der Waals surface area contributed by atoms with Gasteiger partial charge in [0.05, 0.1) is 12.8 Å². The predicted octanol–water partition coefficient (Wildman–Crippen LogP) is 1.26. The van der Waals surface area contributed by atoms with Crippen LogP contribution in [0.25, 0.3) is 0 Å². The standard InChI is InChI=1S/C7H11ClN2O/c1-10-6(8)5-9-7(10)3-4-11-2/h5H,3-4H2,1-2H3. The molecule has 1 heterocycles. The quantitative estimate of drug-likeness (QED) is 0.690. The van der Waals surface area contributed by atoms with Crippen molar-refractivity contribution >= 4 is 11.6 Å². The van der Waals surface area contributed by atoms with Gasteiger partial charge in [0.1, 0.15) is 11.0 Å². The van der Waals surface area contributed by atoms with Gasteiger partial charge in [0.2, 0.25) is 0 Å². The third-order valence-corrected chi connectivity index (χ3v) is 1.91. The summed E-state index contributed by atoms with van der Waals surface area (Å²) in [5, 5.41) is 0.663. The molecule has 0 aliphatic heterocycles. The Kier molecular flexibility index (Phi) is 2.91. The van der Waals surface area contributed by atoms with E-state index in [4.69, 9.17) is 16.3 Å². The van der Waals surface area contributed by atoms with Crippen molar-refractivity contribution in [2.45, 2.75) is 6.42 Å². The number of ether oxygens (including phenoxy) is 1. The molecular formula is C7H11ClN2O. The monoisotopic (exact) mass is 174 g/mol. The minimum atomic E-state index is 0.663. The third kappa shape index (κ3) is 1.94. The summed E-state index contributed by atoms with van der Waals surface area (Å²) in [4.78, 5) is 4.10. The fourth-order valence-corrected chi connectivity index (χ4v) is 0.996. The van der Waals surface area contributed by atoms with E-state index in [0.717, 1.165) is 12.2 Å². The molecule has 1 aromatic rings. The maximum absolute atomic E-state index is 5.77. The Labute approximate surface area is 70.9 Å². The molecule has 0 atom stereocenters. The molecule has 0 spiro atoms. The van der Waals surface area contributed by atoms with Gasteiger partial charge >= 0.3 is 0 Å². The van der Waals surface area contributed by atoms with Crippen molar-refractivity contribution in [1.82, 2.24) is 9.55 Å². The van der Waals surface area contributed by atoms with Crippen molar-refractivity contribution in [3.63, 3.8) is 0 Å². The summed E-state index contributed by atoms with van der Waals surface area (Å²) in [7, 11) is 3.56. The number of hydrogen-bond acceptors (Lipinski definition) is 2. The molecule has 0 saturated heterocycles. The van der Waals surface area contributed by atoms with Crippen molar-refractivity contribution in [3.8, 4) is 0 Å². The second-order valence-electron chi connectivity index (χ2n) is 2.30. The highest BCUT2D eigenvalue weighted by molar-refractivity contribution is 6.29. The van der Waals surface area contributed by atoms with Crippen LogP contribution >= 0.6 is 11.6 Å². The van der Waals surface area contributed by atoms with E-state index >= 15 is 0 Å². The topological polar surface area (TPSA) is 27.1 Å². The number of imidazole rings is 1. The van der Waals surface area contributed by atoms with Gasteiger partial charge in [0, 0.05) is 20.6 Å². The zero-order valence-corrected chi connectivity index (χ0v) is 7.43. The van der Waals surface area contributed by atoms with Crippen molar-refractivity contribution < 1.29 is 4.74 Å². The maximum Gasteiger partial charge on any atom is 0.128 e. The predicted molar refractivity (Wildman–Crippen MR) is 43.8 cm³/mol. The van der Waals surface area contributed by atoms with E-state index in [1.807, 2.05) is 11.6 Å². The molecule has 0 unspecified atom stereocenters. The Morgan fingerprint density at radius 3 is 2.91 bits per heavy atom. The zero-order valence-electron chi connectivity index (χ0n) is 6.67. The minimum Gasteiger partial charge on any atom is -0.384 e. The fraction of sp³-hybridized carbons (Fsp3) is 0.571. The number of aromatic nitrogens is 2. The van der Waals surface area contributed by atoms with Gasteiger partial charge in [0.15, 0.2) is 0 Å². The van der Waals surface area contributed by atoms with Crippen LogP contribution in [0.1, 0.15) is 5.82 Å². The SMILES string of the molecule is COCCc1ncc(Cl)n1C. The first kappa shape index (κ1) is 8.56. The van der Waals surface area contributed by atoms with E-state index in [1.54, 1.807) is 13.3 Å². The molecule has 3 nitrogen and oxygen atoms in total. The van der Waals surface area contributed by atoms with Crippen LogP contribution in [-0.2, 0) is 18.2 Å². The molecular weight excluding hydrogens is 164 g/mol. The van der Waals surface area contributed by atoms with Gasteiger partial charge in [-0.15, -0.1) is 0 Å². The first-order valence-corrected chi connectivity index (χ1v) is 3.78. The summed E-state index contributed by atoms with van der Waals surface area (Å²) in [5.74, 6) is 0.955. The van der Waals surface area contributed by atoms with Gasteiger partial charge in [0.25, 0.3) is 0 Å². The lowest BCUT2D eigenvalue weighted by atomic mass is 10.4. The summed E-state index contributed by atoms with van der Waals surface area (Å²) >= 11 is 5.77. The molecule has 0 N–H and O–H groups in total. The fourth-order valence-electron chi connectivity index (χ4n) is 0.850. The molecule has 0 saturated carbocycles. The van der Waals surface area contributed by atoms with Crippen LogP contribution in [0.2, 0.25) is 5.15 Å². The highest BCUT2D eigenvalue weighted by Crippen LogP contribution is 2.08. The number of methoxy groups -OCH3 is 1. The normalized spacial score (nSPS) is 10.5. The third-order valence-electron chi connectivity index (χ3n) is 1.56. The van der Waals surface area contributed by atoms with Crippen molar-refractivity contribution in [1.29, 1.82) is 0 Å². The lowest BCUT2D eigenvalue weighted by molar-refractivity contribution is 0.200. The average Bonchev–Trinajstić information content (AvgIpc) is 2.31. The van der Waals surface area contributed by atoms with E-state index in [9.17, 15) is 0 Å². The second kappa shape index (κ2) is 3.74. The molecule has 4 heteroatoms. The minimum absolute atomic E-state index is 0.663. The van der Waals surface area contributed by atoms with Gasteiger partial charge in [-0.25, -0.2) is 4.98 Å². The van der Waals surface area contributed by atoms with Crippen LogP contribution in [0.4, 0.5) is 0 Å². The van der Waals surface area contributed by atoms with Crippen LogP contribution < -0.4 is 0 Å². The molecule has 0 aromatic carbocycles. The van der Waals surface area contributed by atoms with Crippen LogP contribution in [0.5, 0.6) is 0 Å². The first-order chi connectivity index (χ1) is 5.25. The first-order valence-electron chi connectivity index (χ1n) is 3.40. The van der Waals surface area contributed by atoms with Crippen LogP contribution in [0.15, 0.2) is 6.20 Å². The second-order valence-corrected chi connectivity index (χ2v) is 2.69. The van der Waals surface area contributed by atoms with E-state index < -0.39 is 0 Å². The molecule has 62 valence electrons. The van der Waals surface area contributed by atoms with E-state index in [-0.39, 0.29) is 0 Å².